The molecule has 0 spiro atoms. The average Bonchev–Trinajstić information content (AvgIpc) is 2.69. The molecule has 0 saturated heterocycles. The van der Waals surface area contributed by atoms with E-state index in [4.69, 9.17) is 0 Å². The molecule has 0 bridgehead atoms. The lowest BCUT2D eigenvalue weighted by Crippen LogP contribution is -2.30. The van der Waals surface area contributed by atoms with Gasteiger partial charge in [-0.15, -0.1) is 0 Å². The van der Waals surface area contributed by atoms with Crippen LogP contribution in [0.3, 0.4) is 0 Å². The van der Waals surface area contributed by atoms with E-state index in [1.807, 2.05) is 0 Å². The van der Waals surface area contributed by atoms with Gasteiger partial charge in [-0.05, 0) is 32.2 Å². The van der Waals surface area contributed by atoms with Gasteiger partial charge >= 0.3 is 0 Å². The summed E-state index contributed by atoms with van der Waals surface area (Å²) in [5.74, 6) is -0.377. The zero-order valence-corrected chi connectivity index (χ0v) is 9.17. The van der Waals surface area contributed by atoms with Crippen LogP contribution in [0.25, 0.3) is 10.9 Å². The molecule has 2 rings (SSSR count). The van der Waals surface area contributed by atoms with Gasteiger partial charge in [-0.2, -0.15) is 0 Å². The third-order valence-electron chi connectivity index (χ3n) is 2.74. The van der Waals surface area contributed by atoms with Gasteiger partial charge in [0, 0.05) is 22.7 Å². The number of H-pyrrole nitrogens is 1. The van der Waals surface area contributed by atoms with Crippen LogP contribution in [0.5, 0.6) is 0 Å². The molecule has 1 aromatic carbocycles. The maximum atomic E-state index is 13.1. The Balaban J connectivity index is 2.53. The molecule has 1 heterocycles. The highest BCUT2D eigenvalue weighted by Crippen LogP contribution is 2.20. The minimum atomic E-state index is -0.335. The predicted octanol–water partition coefficient (Wildman–Crippen LogP) is 2.10. The van der Waals surface area contributed by atoms with E-state index in [0.717, 1.165) is 5.52 Å². The van der Waals surface area contributed by atoms with E-state index in [2.05, 4.69) is 10.3 Å². The van der Waals surface area contributed by atoms with E-state index in [-0.39, 0.29) is 17.6 Å². The van der Waals surface area contributed by atoms with Gasteiger partial charge in [0.1, 0.15) is 5.82 Å². The molecule has 1 atom stereocenters. The van der Waals surface area contributed by atoms with Crippen molar-refractivity contribution in [2.45, 2.75) is 13.0 Å². The van der Waals surface area contributed by atoms with Crippen molar-refractivity contribution in [3.8, 4) is 0 Å². The number of hydrogen-bond acceptors (Lipinski definition) is 2. The van der Waals surface area contributed by atoms with E-state index in [9.17, 15) is 9.18 Å². The summed E-state index contributed by atoms with van der Waals surface area (Å²) in [6.07, 6.45) is 1.63. The highest BCUT2D eigenvalue weighted by atomic mass is 19.1. The number of nitrogens with one attached hydrogen (secondary N) is 2. The second kappa shape index (κ2) is 4.06. The van der Waals surface area contributed by atoms with Crippen LogP contribution in [-0.4, -0.2) is 23.9 Å². The molecule has 3 nitrogen and oxygen atoms in total. The van der Waals surface area contributed by atoms with E-state index in [0.29, 0.717) is 10.9 Å². The summed E-state index contributed by atoms with van der Waals surface area (Å²) in [6.45, 7) is 1.78. The van der Waals surface area contributed by atoms with E-state index in [1.54, 1.807) is 26.2 Å². The largest absolute Gasteiger partial charge is 0.360 e. The monoisotopic (exact) mass is 220 g/mol. The Labute approximate surface area is 92.7 Å². The van der Waals surface area contributed by atoms with Crippen molar-refractivity contribution >= 4 is 16.7 Å². The maximum absolute atomic E-state index is 13.1. The Hall–Kier alpha value is -1.68. The third kappa shape index (κ3) is 1.72. The fraction of sp³-hybridized carbons (Fsp3) is 0.250. The smallest absolute Gasteiger partial charge is 0.181 e. The van der Waals surface area contributed by atoms with Crippen molar-refractivity contribution in [1.29, 1.82) is 0 Å². The van der Waals surface area contributed by atoms with E-state index < -0.39 is 0 Å². The number of ketones is 1. The van der Waals surface area contributed by atoms with Gasteiger partial charge in [0.05, 0.1) is 6.04 Å². The summed E-state index contributed by atoms with van der Waals surface area (Å²) < 4.78 is 13.1. The Morgan fingerprint density at radius 2 is 2.25 bits per heavy atom. The molecular formula is C12H13FN2O. The molecule has 0 fully saturated rings. The van der Waals surface area contributed by atoms with Gasteiger partial charge in [0.2, 0.25) is 0 Å². The fourth-order valence-corrected chi connectivity index (χ4v) is 1.66. The molecule has 0 aliphatic carbocycles. The summed E-state index contributed by atoms with van der Waals surface area (Å²) in [6, 6.07) is 4.10. The predicted molar refractivity (Wildman–Crippen MR) is 61.1 cm³/mol. The molecule has 0 saturated carbocycles. The Bertz CT molecular complexity index is 533. The number of likely N-dealkylation sites (N-methyl/N-ethyl adjacent to an activating group) is 1. The van der Waals surface area contributed by atoms with E-state index in [1.165, 1.54) is 12.1 Å². The van der Waals surface area contributed by atoms with Crippen molar-refractivity contribution in [1.82, 2.24) is 10.3 Å². The second-order valence-electron chi connectivity index (χ2n) is 3.77. The Kier molecular flexibility index (Phi) is 2.75. The summed E-state index contributed by atoms with van der Waals surface area (Å²) >= 11 is 0. The first-order valence-corrected chi connectivity index (χ1v) is 5.11. The number of fused-ring (bicyclic) bond motifs is 1. The molecule has 16 heavy (non-hydrogen) atoms. The van der Waals surface area contributed by atoms with Crippen LogP contribution >= 0.6 is 0 Å². The number of carbonyl (C=O) groups excluding carboxylic acids is 1. The minimum Gasteiger partial charge on any atom is -0.360 e. The van der Waals surface area contributed by atoms with Crippen molar-refractivity contribution in [2.75, 3.05) is 7.05 Å². The molecule has 4 heteroatoms. The fourth-order valence-electron chi connectivity index (χ4n) is 1.66. The lowest BCUT2D eigenvalue weighted by Gasteiger charge is -2.07. The quantitative estimate of drug-likeness (QED) is 0.778. The maximum Gasteiger partial charge on any atom is 0.181 e. The number of carbonyl (C=O) groups is 1. The van der Waals surface area contributed by atoms with Crippen LogP contribution in [0.2, 0.25) is 0 Å². The van der Waals surface area contributed by atoms with Gasteiger partial charge < -0.3 is 10.3 Å². The van der Waals surface area contributed by atoms with E-state index >= 15 is 0 Å². The summed E-state index contributed by atoms with van der Waals surface area (Å²) in [5, 5.41) is 3.51. The minimum absolute atomic E-state index is 0.0423. The van der Waals surface area contributed by atoms with Crippen LogP contribution < -0.4 is 5.32 Å². The zero-order chi connectivity index (χ0) is 11.7. The number of aromatic amines is 1. The van der Waals surface area contributed by atoms with Gasteiger partial charge in [-0.25, -0.2) is 4.39 Å². The highest BCUT2D eigenvalue weighted by Gasteiger charge is 2.17. The van der Waals surface area contributed by atoms with Crippen LogP contribution in [0, 0.1) is 5.82 Å². The molecule has 84 valence electrons. The first-order chi connectivity index (χ1) is 7.63. The van der Waals surface area contributed by atoms with Crippen LogP contribution in [0.15, 0.2) is 24.4 Å². The van der Waals surface area contributed by atoms with Gasteiger partial charge in [-0.1, -0.05) is 0 Å². The number of hydrogen-bond donors (Lipinski definition) is 2. The van der Waals surface area contributed by atoms with Gasteiger partial charge in [0.25, 0.3) is 0 Å². The third-order valence-corrected chi connectivity index (χ3v) is 2.74. The summed E-state index contributed by atoms with van der Waals surface area (Å²) in [4.78, 5) is 14.9. The van der Waals surface area contributed by atoms with Crippen LogP contribution in [-0.2, 0) is 0 Å². The number of rotatable bonds is 3. The standard InChI is InChI=1S/C12H13FN2O/c1-7(14-2)12(16)10-6-15-11-4-3-8(13)5-9(10)11/h3-7,14-15H,1-2H3. The molecule has 1 unspecified atom stereocenters. The highest BCUT2D eigenvalue weighted by molar-refractivity contribution is 6.10. The lowest BCUT2D eigenvalue weighted by atomic mass is 10.0. The molecule has 0 aliphatic rings. The van der Waals surface area contributed by atoms with Gasteiger partial charge in [-0.3, -0.25) is 4.79 Å². The molecule has 0 radical (unpaired) electrons. The molecule has 0 aliphatic heterocycles. The first-order valence-electron chi connectivity index (χ1n) is 5.11. The number of Topliss-reactive ketones (excluding diaryl/α,β-unsaturated/α-hetero) is 1. The van der Waals surface area contributed by atoms with Crippen molar-refractivity contribution < 1.29 is 9.18 Å². The number of halogens is 1. The summed E-state index contributed by atoms with van der Waals surface area (Å²) in [7, 11) is 1.72. The lowest BCUT2D eigenvalue weighted by molar-refractivity contribution is 0.0956. The molecule has 2 N–H and O–H groups in total. The van der Waals surface area contributed by atoms with Gasteiger partial charge in [0.15, 0.2) is 5.78 Å². The van der Waals surface area contributed by atoms with Crippen molar-refractivity contribution in [2.24, 2.45) is 0 Å². The topological polar surface area (TPSA) is 44.9 Å². The SMILES string of the molecule is CNC(C)C(=O)c1c[nH]c2ccc(F)cc12. The second-order valence-corrected chi connectivity index (χ2v) is 3.77. The van der Waals surface area contributed by atoms with Crippen molar-refractivity contribution in [3.63, 3.8) is 0 Å². The molecule has 2 aromatic rings. The van der Waals surface area contributed by atoms with Crippen LogP contribution in [0.1, 0.15) is 17.3 Å². The molecular weight excluding hydrogens is 207 g/mol. The normalized spacial score (nSPS) is 12.9. The van der Waals surface area contributed by atoms with Crippen LogP contribution in [0.4, 0.5) is 4.39 Å². The summed E-state index contributed by atoms with van der Waals surface area (Å²) in [5.41, 5.74) is 1.30. The Morgan fingerprint density at radius 3 is 2.94 bits per heavy atom. The molecule has 1 aromatic heterocycles. The number of benzene rings is 1. The number of aromatic nitrogens is 1. The zero-order valence-electron chi connectivity index (χ0n) is 9.17. The molecule has 0 amide bonds. The Morgan fingerprint density at radius 1 is 1.50 bits per heavy atom. The van der Waals surface area contributed by atoms with Crippen molar-refractivity contribution in [3.05, 3.63) is 35.8 Å². The first kappa shape index (κ1) is 10.8. The average molecular weight is 220 g/mol.